The zero-order chi connectivity index (χ0) is 12.6. The van der Waals surface area contributed by atoms with Gasteiger partial charge in [-0.15, -0.1) is 0 Å². The molecule has 0 amide bonds. The van der Waals surface area contributed by atoms with Crippen LogP contribution < -0.4 is 5.32 Å². The first kappa shape index (κ1) is 12.7. The molecule has 1 N–H and O–H groups in total. The topological polar surface area (TPSA) is 12.0 Å². The minimum atomic E-state index is -0.269. The van der Waals surface area contributed by atoms with Crippen LogP contribution in [-0.2, 0) is 0 Å². The molecule has 3 heteroatoms. The third-order valence-electron chi connectivity index (χ3n) is 3.61. The Kier molecular flexibility index (Phi) is 3.35. The monoisotopic (exact) mass is 255 g/mol. The highest BCUT2D eigenvalue weighted by Gasteiger charge is 2.36. The van der Waals surface area contributed by atoms with Crippen molar-refractivity contribution in [2.75, 3.05) is 5.32 Å². The van der Waals surface area contributed by atoms with Crippen molar-refractivity contribution >= 4 is 17.3 Å². The smallest absolute Gasteiger partial charge is 0.147 e. The van der Waals surface area contributed by atoms with E-state index in [0.29, 0.717) is 28.1 Å². The summed E-state index contributed by atoms with van der Waals surface area (Å²) < 4.78 is 13.7. The maximum absolute atomic E-state index is 13.7. The van der Waals surface area contributed by atoms with Crippen molar-refractivity contribution < 1.29 is 4.39 Å². The average Bonchev–Trinajstić information content (AvgIpc) is 2.44. The van der Waals surface area contributed by atoms with Gasteiger partial charge < -0.3 is 5.32 Å². The van der Waals surface area contributed by atoms with E-state index in [0.717, 1.165) is 6.42 Å². The van der Waals surface area contributed by atoms with Crippen LogP contribution in [0.4, 0.5) is 10.1 Å². The lowest BCUT2D eigenvalue weighted by atomic mass is 9.91. The molecule has 0 bridgehead atoms. The van der Waals surface area contributed by atoms with E-state index >= 15 is 0 Å². The van der Waals surface area contributed by atoms with Gasteiger partial charge in [0.2, 0.25) is 0 Å². The number of anilines is 1. The molecule has 2 atom stereocenters. The average molecular weight is 256 g/mol. The molecule has 1 saturated carbocycles. The molecule has 0 aliphatic heterocycles. The van der Waals surface area contributed by atoms with Gasteiger partial charge >= 0.3 is 0 Å². The zero-order valence-electron chi connectivity index (χ0n) is 10.6. The van der Waals surface area contributed by atoms with Crippen LogP contribution in [0.15, 0.2) is 18.2 Å². The third-order valence-corrected chi connectivity index (χ3v) is 3.84. The van der Waals surface area contributed by atoms with Gasteiger partial charge in [0.15, 0.2) is 0 Å². The van der Waals surface area contributed by atoms with E-state index in [2.05, 4.69) is 26.1 Å². The maximum atomic E-state index is 13.7. The highest BCUT2D eigenvalue weighted by atomic mass is 35.5. The van der Waals surface area contributed by atoms with Gasteiger partial charge in [0.1, 0.15) is 5.82 Å². The number of nitrogens with one attached hydrogen (secondary N) is 1. The Bertz CT molecular complexity index is 417. The Morgan fingerprint density at radius 3 is 2.59 bits per heavy atom. The van der Waals surface area contributed by atoms with Crippen LogP contribution in [-0.4, -0.2) is 6.04 Å². The molecule has 17 heavy (non-hydrogen) atoms. The van der Waals surface area contributed by atoms with E-state index in [1.165, 1.54) is 12.5 Å². The summed E-state index contributed by atoms with van der Waals surface area (Å²) >= 11 is 5.74. The lowest BCUT2D eigenvalue weighted by Gasteiger charge is -2.20. The Balaban J connectivity index is 2.11. The lowest BCUT2D eigenvalue weighted by Crippen LogP contribution is -2.23. The molecule has 0 radical (unpaired) electrons. The minimum absolute atomic E-state index is 0.269. The summed E-state index contributed by atoms with van der Waals surface area (Å²) in [6.07, 6.45) is 2.26. The van der Waals surface area contributed by atoms with E-state index < -0.39 is 0 Å². The molecule has 2 unspecified atom stereocenters. The Morgan fingerprint density at radius 2 is 2.06 bits per heavy atom. The van der Waals surface area contributed by atoms with Crippen LogP contribution in [0.3, 0.4) is 0 Å². The van der Waals surface area contributed by atoms with Crippen LogP contribution in [0.2, 0.25) is 5.02 Å². The fraction of sp³-hybridized carbons (Fsp3) is 0.571. The van der Waals surface area contributed by atoms with E-state index in [1.54, 1.807) is 12.1 Å². The Labute approximate surface area is 107 Å². The molecule has 2 rings (SSSR count). The molecule has 0 spiro atoms. The van der Waals surface area contributed by atoms with Gasteiger partial charge in [-0.1, -0.05) is 32.4 Å². The number of halogens is 2. The van der Waals surface area contributed by atoms with Crippen molar-refractivity contribution in [2.24, 2.45) is 11.3 Å². The summed E-state index contributed by atoms with van der Waals surface area (Å²) in [6, 6.07) is 5.14. The van der Waals surface area contributed by atoms with Crippen LogP contribution in [0.25, 0.3) is 0 Å². The predicted molar refractivity (Wildman–Crippen MR) is 71.0 cm³/mol. The van der Waals surface area contributed by atoms with Crippen molar-refractivity contribution in [3.05, 3.63) is 29.0 Å². The summed E-state index contributed by atoms with van der Waals surface area (Å²) in [5.74, 6) is 0.300. The van der Waals surface area contributed by atoms with Crippen molar-refractivity contribution in [1.82, 2.24) is 0 Å². The number of hydrogen-bond acceptors (Lipinski definition) is 1. The molecule has 1 nitrogen and oxygen atoms in total. The summed E-state index contributed by atoms with van der Waals surface area (Å²) in [7, 11) is 0. The fourth-order valence-electron chi connectivity index (χ4n) is 2.89. The highest BCUT2D eigenvalue weighted by molar-refractivity contribution is 6.30. The molecular weight excluding hydrogens is 237 g/mol. The molecule has 1 aliphatic carbocycles. The lowest BCUT2D eigenvalue weighted by molar-refractivity contribution is 0.366. The largest absolute Gasteiger partial charge is 0.380 e. The normalized spacial score (nSPS) is 27.1. The Hall–Kier alpha value is -0.760. The van der Waals surface area contributed by atoms with Gasteiger partial charge in [0.25, 0.3) is 0 Å². The van der Waals surface area contributed by atoms with E-state index in [1.807, 2.05) is 0 Å². The van der Waals surface area contributed by atoms with Gasteiger partial charge in [0, 0.05) is 11.1 Å². The van der Waals surface area contributed by atoms with Crippen molar-refractivity contribution in [1.29, 1.82) is 0 Å². The van der Waals surface area contributed by atoms with Crippen LogP contribution in [0.1, 0.15) is 33.6 Å². The number of rotatable bonds is 2. The molecule has 1 aromatic rings. The SMILES string of the molecule is CC1CC(C)(C)CC1Nc1ccc(Cl)cc1F. The third kappa shape index (κ3) is 2.92. The van der Waals surface area contributed by atoms with Crippen molar-refractivity contribution in [3.63, 3.8) is 0 Å². The zero-order valence-corrected chi connectivity index (χ0v) is 11.3. The number of hydrogen-bond donors (Lipinski definition) is 1. The second kappa shape index (κ2) is 4.49. The standard InChI is InChI=1S/C14H19ClFN/c1-9-7-14(2,3)8-13(9)17-12-5-4-10(15)6-11(12)16/h4-6,9,13,17H,7-8H2,1-3H3. The minimum Gasteiger partial charge on any atom is -0.380 e. The van der Waals surface area contributed by atoms with Gasteiger partial charge in [0.05, 0.1) is 5.69 Å². The number of benzene rings is 1. The van der Waals surface area contributed by atoms with Crippen LogP contribution in [0, 0.1) is 17.2 Å². The second-order valence-electron chi connectivity index (χ2n) is 5.92. The molecule has 0 aromatic heterocycles. The van der Waals surface area contributed by atoms with Crippen LogP contribution >= 0.6 is 11.6 Å². The predicted octanol–water partition coefficient (Wildman–Crippen LogP) is 4.72. The quantitative estimate of drug-likeness (QED) is 0.807. The first-order chi connectivity index (χ1) is 7.87. The molecule has 94 valence electrons. The van der Waals surface area contributed by atoms with Gasteiger partial charge in [-0.05, 0) is 42.4 Å². The molecule has 0 saturated heterocycles. The summed E-state index contributed by atoms with van der Waals surface area (Å²) in [6.45, 7) is 6.76. The van der Waals surface area contributed by atoms with E-state index in [4.69, 9.17) is 11.6 Å². The Morgan fingerprint density at radius 1 is 1.35 bits per heavy atom. The maximum Gasteiger partial charge on any atom is 0.147 e. The summed E-state index contributed by atoms with van der Waals surface area (Å²) in [4.78, 5) is 0. The molecule has 1 aliphatic rings. The van der Waals surface area contributed by atoms with Gasteiger partial charge in [-0.2, -0.15) is 0 Å². The first-order valence-electron chi connectivity index (χ1n) is 6.09. The van der Waals surface area contributed by atoms with E-state index in [9.17, 15) is 4.39 Å². The van der Waals surface area contributed by atoms with Gasteiger partial charge in [-0.3, -0.25) is 0 Å². The summed E-state index contributed by atoms with van der Waals surface area (Å²) in [5.41, 5.74) is 0.906. The molecule has 1 fully saturated rings. The molecule has 0 heterocycles. The molecule has 1 aromatic carbocycles. The van der Waals surface area contributed by atoms with Gasteiger partial charge in [-0.25, -0.2) is 4.39 Å². The highest BCUT2D eigenvalue weighted by Crippen LogP contribution is 2.42. The molecular formula is C14H19ClFN. The van der Waals surface area contributed by atoms with Crippen molar-refractivity contribution in [3.8, 4) is 0 Å². The first-order valence-corrected chi connectivity index (χ1v) is 6.47. The van der Waals surface area contributed by atoms with Crippen LogP contribution in [0.5, 0.6) is 0 Å². The fourth-order valence-corrected chi connectivity index (χ4v) is 3.05. The van der Waals surface area contributed by atoms with Crippen molar-refractivity contribution in [2.45, 2.75) is 39.7 Å². The second-order valence-corrected chi connectivity index (χ2v) is 6.36. The summed E-state index contributed by atoms with van der Waals surface area (Å²) in [5, 5.41) is 3.75. The van der Waals surface area contributed by atoms with E-state index in [-0.39, 0.29) is 5.82 Å².